The van der Waals surface area contributed by atoms with E-state index in [0.717, 1.165) is 56.7 Å². The van der Waals surface area contributed by atoms with Crippen molar-refractivity contribution in [3.05, 3.63) is 53.7 Å². The summed E-state index contributed by atoms with van der Waals surface area (Å²) in [6, 6.07) is 5.82. The molecule has 3 aromatic heterocycles. The van der Waals surface area contributed by atoms with Crippen LogP contribution in [0.3, 0.4) is 0 Å². The van der Waals surface area contributed by atoms with Gasteiger partial charge in [-0.25, -0.2) is 18.7 Å². The average Bonchev–Trinajstić information content (AvgIpc) is 3.19. The van der Waals surface area contributed by atoms with E-state index in [1.165, 1.54) is 18.2 Å². The smallest absolute Gasteiger partial charge is 0.280 e. The highest BCUT2D eigenvalue weighted by atomic mass is 19.3. The second kappa shape index (κ2) is 8.82. The van der Waals surface area contributed by atoms with Crippen LogP contribution in [0.15, 0.2) is 36.7 Å². The van der Waals surface area contributed by atoms with Crippen molar-refractivity contribution in [2.75, 3.05) is 18.5 Å². The number of amides is 1. The minimum atomic E-state index is -2.74. The second-order valence-corrected chi connectivity index (χ2v) is 8.24. The minimum absolute atomic E-state index is 0.0778. The van der Waals surface area contributed by atoms with E-state index in [0.29, 0.717) is 17.4 Å². The van der Waals surface area contributed by atoms with Gasteiger partial charge >= 0.3 is 0 Å². The van der Waals surface area contributed by atoms with Crippen molar-refractivity contribution in [2.45, 2.75) is 50.6 Å². The highest BCUT2D eigenvalue weighted by Gasteiger charge is 2.24. The van der Waals surface area contributed by atoms with E-state index in [-0.39, 0.29) is 11.8 Å². The summed E-state index contributed by atoms with van der Waals surface area (Å²) in [5.74, 6) is 0.277. The first kappa shape index (κ1) is 20.8. The van der Waals surface area contributed by atoms with Gasteiger partial charge in [-0.15, -0.1) is 0 Å². The zero-order valence-corrected chi connectivity index (χ0v) is 17.5. The molecule has 3 aromatic rings. The molecule has 1 saturated heterocycles. The van der Waals surface area contributed by atoms with Crippen molar-refractivity contribution in [1.82, 2.24) is 14.4 Å². The van der Waals surface area contributed by atoms with E-state index in [2.05, 4.69) is 10.3 Å². The Labute approximate surface area is 183 Å². The zero-order valence-electron chi connectivity index (χ0n) is 17.5. The molecule has 0 spiro atoms. The summed E-state index contributed by atoms with van der Waals surface area (Å²) in [5.41, 5.74) is 1.66. The number of nitrogens with zero attached hydrogens (tertiary/aromatic N) is 3. The van der Waals surface area contributed by atoms with Crippen LogP contribution in [0.4, 0.5) is 14.5 Å². The maximum Gasteiger partial charge on any atom is 0.280 e. The number of pyridine rings is 2. The monoisotopic (exact) mass is 442 g/mol. The normalized spacial score (nSPS) is 17.5. The molecule has 2 fully saturated rings. The standard InChI is InChI=1S/C23H24F2N4O3/c24-22(25)16-5-2-6-17(26-16)23(30)28-19-13-29-12-18(14-7-9-31-10-8-14)27-21(29)11-20(19)32-15-3-1-4-15/h2,5-6,11-15,22H,1,3-4,7-10H2,(H,28,30). The summed E-state index contributed by atoms with van der Waals surface area (Å²) < 4.78 is 39.4. The predicted octanol–water partition coefficient (Wildman–Crippen LogP) is 4.74. The third-order valence-electron chi connectivity index (χ3n) is 6.03. The Morgan fingerprint density at radius 1 is 1.16 bits per heavy atom. The van der Waals surface area contributed by atoms with Crippen LogP contribution < -0.4 is 10.1 Å². The number of carbonyl (C=O) groups excluding carboxylic acids is 1. The van der Waals surface area contributed by atoms with Crippen molar-refractivity contribution in [3.8, 4) is 5.75 Å². The van der Waals surface area contributed by atoms with Crippen LogP contribution in [-0.4, -0.2) is 39.6 Å². The van der Waals surface area contributed by atoms with Gasteiger partial charge < -0.3 is 19.2 Å². The van der Waals surface area contributed by atoms with Crippen molar-refractivity contribution in [3.63, 3.8) is 0 Å². The van der Waals surface area contributed by atoms with E-state index in [1.54, 1.807) is 6.20 Å². The molecule has 1 amide bonds. The van der Waals surface area contributed by atoms with E-state index in [4.69, 9.17) is 14.5 Å². The maximum absolute atomic E-state index is 13.0. The molecule has 4 heterocycles. The van der Waals surface area contributed by atoms with Crippen LogP contribution in [-0.2, 0) is 4.74 Å². The molecule has 1 saturated carbocycles. The van der Waals surface area contributed by atoms with Gasteiger partial charge in [-0.05, 0) is 44.2 Å². The number of anilines is 1. The number of hydrogen-bond acceptors (Lipinski definition) is 5. The van der Waals surface area contributed by atoms with Crippen LogP contribution in [0.25, 0.3) is 5.65 Å². The number of nitrogens with one attached hydrogen (secondary N) is 1. The lowest BCUT2D eigenvalue weighted by Gasteiger charge is -2.27. The number of rotatable bonds is 6. The summed E-state index contributed by atoms with van der Waals surface area (Å²) in [6.45, 7) is 1.45. The number of aromatic nitrogens is 3. The summed E-state index contributed by atoms with van der Waals surface area (Å²) >= 11 is 0. The van der Waals surface area contributed by atoms with Gasteiger partial charge in [0.15, 0.2) is 0 Å². The Kier molecular flexibility index (Phi) is 5.73. The molecule has 1 aliphatic heterocycles. The molecule has 2 aliphatic rings. The Morgan fingerprint density at radius 2 is 1.97 bits per heavy atom. The molecular weight excluding hydrogens is 418 g/mol. The van der Waals surface area contributed by atoms with Crippen molar-refractivity contribution in [1.29, 1.82) is 0 Å². The topological polar surface area (TPSA) is 77.8 Å². The molecule has 168 valence electrons. The van der Waals surface area contributed by atoms with E-state index in [1.807, 2.05) is 16.7 Å². The second-order valence-electron chi connectivity index (χ2n) is 8.24. The Hall–Kier alpha value is -3.07. The van der Waals surface area contributed by atoms with Crippen LogP contribution in [0.2, 0.25) is 0 Å². The van der Waals surface area contributed by atoms with E-state index >= 15 is 0 Å². The molecule has 0 radical (unpaired) electrons. The largest absolute Gasteiger partial charge is 0.488 e. The number of alkyl halides is 2. The molecule has 9 heteroatoms. The van der Waals surface area contributed by atoms with Crippen LogP contribution in [0.5, 0.6) is 5.75 Å². The molecule has 0 atom stereocenters. The van der Waals surface area contributed by atoms with E-state index in [9.17, 15) is 13.6 Å². The van der Waals surface area contributed by atoms with Gasteiger partial charge in [0.2, 0.25) is 0 Å². The summed E-state index contributed by atoms with van der Waals surface area (Å²) in [7, 11) is 0. The minimum Gasteiger partial charge on any atom is -0.488 e. The number of hydrogen-bond donors (Lipinski definition) is 1. The molecule has 1 aliphatic carbocycles. The Morgan fingerprint density at radius 3 is 2.69 bits per heavy atom. The first-order valence-corrected chi connectivity index (χ1v) is 10.9. The number of ether oxygens (including phenoxy) is 2. The predicted molar refractivity (Wildman–Crippen MR) is 113 cm³/mol. The van der Waals surface area contributed by atoms with Gasteiger partial charge in [-0.2, -0.15) is 0 Å². The van der Waals surface area contributed by atoms with Crippen LogP contribution in [0.1, 0.15) is 66.3 Å². The lowest BCUT2D eigenvalue weighted by atomic mass is 9.96. The molecule has 7 nitrogen and oxygen atoms in total. The molecule has 0 unspecified atom stereocenters. The highest BCUT2D eigenvalue weighted by Crippen LogP contribution is 2.34. The molecule has 5 rings (SSSR count). The highest BCUT2D eigenvalue weighted by molar-refractivity contribution is 6.03. The molecule has 0 aromatic carbocycles. The number of halogens is 2. The van der Waals surface area contributed by atoms with Crippen molar-refractivity contribution >= 4 is 17.2 Å². The van der Waals surface area contributed by atoms with Gasteiger partial charge in [0.05, 0.1) is 11.8 Å². The first-order chi connectivity index (χ1) is 15.6. The third-order valence-corrected chi connectivity index (χ3v) is 6.03. The number of carbonyl (C=O) groups is 1. The number of imidazole rings is 1. The lowest BCUT2D eigenvalue weighted by molar-refractivity contribution is 0.0846. The van der Waals surface area contributed by atoms with Gasteiger partial charge in [-0.3, -0.25) is 4.79 Å². The quantitative estimate of drug-likeness (QED) is 0.596. The van der Waals surface area contributed by atoms with Crippen LogP contribution in [0, 0.1) is 0 Å². The maximum atomic E-state index is 13.0. The third kappa shape index (κ3) is 4.29. The number of fused-ring (bicyclic) bond motifs is 1. The zero-order chi connectivity index (χ0) is 22.1. The summed E-state index contributed by atoms with van der Waals surface area (Å²) in [6.07, 6.45) is 5.94. The fourth-order valence-corrected chi connectivity index (χ4v) is 3.97. The van der Waals surface area contributed by atoms with Gasteiger partial charge in [0, 0.05) is 37.6 Å². The lowest BCUT2D eigenvalue weighted by Crippen LogP contribution is -2.25. The average molecular weight is 442 g/mol. The van der Waals surface area contributed by atoms with Crippen LogP contribution >= 0.6 is 0 Å². The van der Waals surface area contributed by atoms with E-state index < -0.39 is 18.0 Å². The Bertz CT molecular complexity index is 1120. The molecule has 1 N–H and O–H groups in total. The fourth-order valence-electron chi connectivity index (χ4n) is 3.97. The van der Waals surface area contributed by atoms with Gasteiger partial charge in [0.1, 0.15) is 28.5 Å². The van der Waals surface area contributed by atoms with Crippen molar-refractivity contribution in [2.24, 2.45) is 0 Å². The molecular formula is C23H24F2N4O3. The fraction of sp³-hybridized carbons (Fsp3) is 0.435. The molecule has 32 heavy (non-hydrogen) atoms. The molecule has 0 bridgehead atoms. The summed E-state index contributed by atoms with van der Waals surface area (Å²) in [4.78, 5) is 21.3. The van der Waals surface area contributed by atoms with Crippen molar-refractivity contribution < 1.29 is 23.0 Å². The Balaban J connectivity index is 1.45. The van der Waals surface area contributed by atoms with Gasteiger partial charge in [-0.1, -0.05) is 6.07 Å². The van der Waals surface area contributed by atoms with Gasteiger partial charge in [0.25, 0.3) is 12.3 Å². The summed E-state index contributed by atoms with van der Waals surface area (Å²) in [5, 5.41) is 2.79. The SMILES string of the molecule is O=C(Nc1cn2cc(C3CCOCC3)nc2cc1OC1CCC1)c1cccc(C(F)F)n1. The first-order valence-electron chi connectivity index (χ1n) is 10.9.